The van der Waals surface area contributed by atoms with Gasteiger partial charge in [0.25, 0.3) is 0 Å². The molecule has 3 N–H and O–H groups in total. The van der Waals surface area contributed by atoms with Gasteiger partial charge in [0.2, 0.25) is 11.8 Å². The average Bonchev–Trinajstić information content (AvgIpc) is 3.07. The number of carbonyl (C=O) groups is 3. The van der Waals surface area contributed by atoms with Crippen molar-refractivity contribution in [1.82, 2.24) is 10.6 Å². The van der Waals surface area contributed by atoms with Gasteiger partial charge in [-0.05, 0) is 17.8 Å². The van der Waals surface area contributed by atoms with E-state index in [2.05, 4.69) is 10.6 Å². The van der Waals surface area contributed by atoms with Crippen LogP contribution in [0.3, 0.4) is 0 Å². The number of nitrogens with one attached hydrogen (secondary N) is 2. The summed E-state index contributed by atoms with van der Waals surface area (Å²) in [6.45, 7) is 5.62. The summed E-state index contributed by atoms with van der Waals surface area (Å²) in [6, 6.07) is -0.852. The molecular formula is C14H24N2O4. The van der Waals surface area contributed by atoms with Crippen LogP contribution in [0.25, 0.3) is 0 Å². The standard InChI is InChI=1S/C14H24N2O4/c1-14(2,3)7-11(17)15-8-12(18)16-10(13(19)20)6-9-4-5-9/h9-10H,4-8H2,1-3H3,(H,15,17)(H,16,18)(H,19,20). The van der Waals surface area contributed by atoms with Gasteiger partial charge in [-0.1, -0.05) is 33.6 Å². The summed E-state index contributed by atoms with van der Waals surface area (Å²) < 4.78 is 0. The summed E-state index contributed by atoms with van der Waals surface area (Å²) in [5.41, 5.74) is -0.143. The van der Waals surface area contributed by atoms with Crippen molar-refractivity contribution in [3.63, 3.8) is 0 Å². The molecule has 0 aliphatic heterocycles. The molecule has 1 atom stereocenters. The molecule has 1 unspecified atom stereocenters. The second-order valence-electron chi connectivity index (χ2n) is 6.65. The quantitative estimate of drug-likeness (QED) is 0.647. The highest BCUT2D eigenvalue weighted by Gasteiger charge is 2.30. The first-order valence-corrected chi connectivity index (χ1v) is 6.96. The second kappa shape index (κ2) is 6.72. The zero-order chi connectivity index (χ0) is 15.3. The number of carboxylic acid groups (broad SMARTS) is 1. The van der Waals surface area contributed by atoms with Crippen LogP contribution in [0.5, 0.6) is 0 Å². The monoisotopic (exact) mass is 284 g/mol. The highest BCUT2D eigenvalue weighted by Crippen LogP contribution is 2.33. The van der Waals surface area contributed by atoms with Gasteiger partial charge < -0.3 is 15.7 Å². The maximum atomic E-state index is 11.6. The Hall–Kier alpha value is -1.59. The normalized spacial score (nSPS) is 16.4. The molecule has 6 nitrogen and oxygen atoms in total. The number of rotatable bonds is 7. The van der Waals surface area contributed by atoms with Crippen molar-refractivity contribution >= 4 is 17.8 Å². The van der Waals surface area contributed by atoms with Crippen LogP contribution in [0.2, 0.25) is 0 Å². The van der Waals surface area contributed by atoms with Crippen LogP contribution in [-0.2, 0) is 14.4 Å². The Morgan fingerprint density at radius 2 is 1.80 bits per heavy atom. The zero-order valence-corrected chi connectivity index (χ0v) is 12.4. The third kappa shape index (κ3) is 7.11. The summed E-state index contributed by atoms with van der Waals surface area (Å²) in [5.74, 6) is -1.28. The SMILES string of the molecule is CC(C)(C)CC(=O)NCC(=O)NC(CC1CC1)C(=O)O. The lowest BCUT2D eigenvalue weighted by atomic mass is 9.92. The topological polar surface area (TPSA) is 95.5 Å². The number of aliphatic carboxylic acids is 1. The summed E-state index contributed by atoms with van der Waals surface area (Å²) in [4.78, 5) is 34.2. The van der Waals surface area contributed by atoms with Crippen molar-refractivity contribution < 1.29 is 19.5 Å². The molecule has 114 valence electrons. The summed E-state index contributed by atoms with van der Waals surface area (Å²) in [5, 5.41) is 14.0. The molecule has 0 aromatic rings. The molecule has 2 amide bonds. The first kappa shape index (κ1) is 16.5. The minimum absolute atomic E-state index is 0.143. The fourth-order valence-electron chi connectivity index (χ4n) is 1.88. The van der Waals surface area contributed by atoms with Crippen molar-refractivity contribution in [3.05, 3.63) is 0 Å². The van der Waals surface area contributed by atoms with E-state index in [0.29, 0.717) is 18.8 Å². The van der Waals surface area contributed by atoms with E-state index in [1.165, 1.54) is 0 Å². The summed E-state index contributed by atoms with van der Waals surface area (Å²) in [7, 11) is 0. The number of amides is 2. The molecule has 0 bridgehead atoms. The Bertz CT molecular complexity index is 383. The molecule has 0 saturated heterocycles. The van der Waals surface area contributed by atoms with E-state index in [4.69, 9.17) is 5.11 Å². The minimum Gasteiger partial charge on any atom is -0.480 e. The molecule has 0 heterocycles. The minimum atomic E-state index is -1.02. The van der Waals surface area contributed by atoms with Gasteiger partial charge in [-0.25, -0.2) is 4.79 Å². The van der Waals surface area contributed by atoms with Gasteiger partial charge >= 0.3 is 5.97 Å². The van der Waals surface area contributed by atoms with Crippen LogP contribution in [0, 0.1) is 11.3 Å². The van der Waals surface area contributed by atoms with Gasteiger partial charge in [0.1, 0.15) is 6.04 Å². The number of hydrogen-bond donors (Lipinski definition) is 3. The van der Waals surface area contributed by atoms with E-state index >= 15 is 0 Å². The Morgan fingerprint density at radius 3 is 2.25 bits per heavy atom. The van der Waals surface area contributed by atoms with Gasteiger partial charge in [0.15, 0.2) is 0 Å². The maximum absolute atomic E-state index is 11.6. The highest BCUT2D eigenvalue weighted by atomic mass is 16.4. The van der Waals surface area contributed by atoms with Crippen LogP contribution in [0.1, 0.15) is 46.5 Å². The zero-order valence-electron chi connectivity index (χ0n) is 12.4. The molecule has 1 saturated carbocycles. The van der Waals surface area contributed by atoms with Crippen molar-refractivity contribution in [3.8, 4) is 0 Å². The van der Waals surface area contributed by atoms with Crippen molar-refractivity contribution in [2.24, 2.45) is 11.3 Å². The largest absolute Gasteiger partial charge is 0.480 e. The first-order valence-electron chi connectivity index (χ1n) is 6.96. The Kier molecular flexibility index (Phi) is 5.53. The van der Waals surface area contributed by atoms with Gasteiger partial charge in [-0.15, -0.1) is 0 Å². The van der Waals surface area contributed by atoms with Gasteiger partial charge in [-0.3, -0.25) is 9.59 Å². The van der Waals surface area contributed by atoms with Crippen molar-refractivity contribution in [2.75, 3.05) is 6.54 Å². The Morgan fingerprint density at radius 1 is 1.20 bits per heavy atom. The van der Waals surface area contributed by atoms with Crippen molar-refractivity contribution in [2.45, 2.75) is 52.5 Å². The molecule has 0 aromatic carbocycles. The number of carbonyl (C=O) groups excluding carboxylic acids is 2. The molecule has 1 rings (SSSR count). The van der Waals surface area contributed by atoms with E-state index in [9.17, 15) is 14.4 Å². The predicted octanol–water partition coefficient (Wildman–Crippen LogP) is 0.908. The smallest absolute Gasteiger partial charge is 0.326 e. The van der Waals surface area contributed by atoms with Crippen LogP contribution in [0.4, 0.5) is 0 Å². The fourth-order valence-corrected chi connectivity index (χ4v) is 1.88. The summed E-state index contributed by atoms with van der Waals surface area (Å²) in [6.07, 6.45) is 2.85. The lowest BCUT2D eigenvalue weighted by Crippen LogP contribution is -2.46. The van der Waals surface area contributed by atoms with Crippen LogP contribution in [0.15, 0.2) is 0 Å². The molecule has 0 spiro atoms. The van der Waals surface area contributed by atoms with Crippen LogP contribution in [-0.4, -0.2) is 35.5 Å². The third-order valence-corrected chi connectivity index (χ3v) is 3.04. The van der Waals surface area contributed by atoms with E-state index in [-0.39, 0.29) is 17.9 Å². The molecule has 6 heteroatoms. The second-order valence-corrected chi connectivity index (χ2v) is 6.65. The van der Waals surface area contributed by atoms with Gasteiger partial charge in [0.05, 0.1) is 6.54 Å². The predicted molar refractivity (Wildman–Crippen MR) is 74.0 cm³/mol. The fraction of sp³-hybridized carbons (Fsp3) is 0.786. The van der Waals surface area contributed by atoms with Crippen molar-refractivity contribution in [1.29, 1.82) is 0 Å². The average molecular weight is 284 g/mol. The van der Waals surface area contributed by atoms with Gasteiger partial charge in [-0.2, -0.15) is 0 Å². The Balaban J connectivity index is 2.30. The lowest BCUT2D eigenvalue weighted by Gasteiger charge is -2.18. The highest BCUT2D eigenvalue weighted by molar-refractivity contribution is 5.87. The van der Waals surface area contributed by atoms with E-state index in [1.807, 2.05) is 20.8 Å². The molecule has 1 aliphatic rings. The maximum Gasteiger partial charge on any atom is 0.326 e. The third-order valence-electron chi connectivity index (χ3n) is 3.04. The molecule has 1 aliphatic carbocycles. The molecule has 0 aromatic heterocycles. The molecule has 20 heavy (non-hydrogen) atoms. The van der Waals surface area contributed by atoms with Crippen LogP contribution >= 0.6 is 0 Å². The number of hydrogen-bond acceptors (Lipinski definition) is 3. The number of carboxylic acids is 1. The Labute approximate surface area is 119 Å². The molecule has 1 fully saturated rings. The van der Waals surface area contributed by atoms with E-state index in [0.717, 1.165) is 12.8 Å². The van der Waals surface area contributed by atoms with Crippen LogP contribution < -0.4 is 10.6 Å². The lowest BCUT2D eigenvalue weighted by molar-refractivity contribution is -0.142. The first-order chi connectivity index (χ1) is 9.17. The molecule has 0 radical (unpaired) electrons. The van der Waals surface area contributed by atoms with E-state index in [1.54, 1.807) is 0 Å². The van der Waals surface area contributed by atoms with E-state index < -0.39 is 17.9 Å². The molecular weight excluding hydrogens is 260 g/mol. The summed E-state index contributed by atoms with van der Waals surface area (Å²) >= 11 is 0. The van der Waals surface area contributed by atoms with Gasteiger partial charge in [0, 0.05) is 6.42 Å².